The van der Waals surface area contributed by atoms with Crippen LogP contribution in [0.1, 0.15) is 31.3 Å². The van der Waals surface area contributed by atoms with Crippen molar-refractivity contribution in [2.75, 3.05) is 0 Å². The van der Waals surface area contributed by atoms with Gasteiger partial charge in [-0.1, -0.05) is 37.3 Å². The number of rotatable bonds is 6. The van der Waals surface area contributed by atoms with Crippen LogP contribution in [0.5, 0.6) is 0 Å². The zero-order valence-electron chi connectivity index (χ0n) is 12.4. The second-order valence-corrected chi connectivity index (χ2v) is 4.98. The summed E-state index contributed by atoms with van der Waals surface area (Å²) in [6, 6.07) is 9.31. The number of aromatic nitrogens is 3. The van der Waals surface area contributed by atoms with Crippen molar-refractivity contribution < 1.29 is 4.79 Å². The maximum absolute atomic E-state index is 12.2. The van der Waals surface area contributed by atoms with Gasteiger partial charge in [0.25, 0.3) is 0 Å². The van der Waals surface area contributed by atoms with Crippen molar-refractivity contribution in [3.8, 4) is 0 Å². The van der Waals surface area contributed by atoms with Gasteiger partial charge in [-0.15, -0.1) is 10.2 Å². The minimum absolute atomic E-state index is 0.0861. The van der Waals surface area contributed by atoms with Crippen LogP contribution in [0.2, 0.25) is 0 Å². The van der Waals surface area contributed by atoms with Crippen molar-refractivity contribution in [3.63, 3.8) is 0 Å². The second kappa shape index (κ2) is 6.99. The number of hydrogen-bond donors (Lipinski definition) is 2. The van der Waals surface area contributed by atoms with Crippen LogP contribution in [0.4, 0.5) is 0 Å². The maximum Gasteiger partial charge on any atom is 0.225 e. The van der Waals surface area contributed by atoms with Crippen LogP contribution in [-0.4, -0.2) is 20.7 Å². The average Bonchev–Trinajstić information content (AvgIpc) is 2.99. The molecular formula is C15H21N5O. The Morgan fingerprint density at radius 1 is 1.38 bits per heavy atom. The summed E-state index contributed by atoms with van der Waals surface area (Å²) < 4.78 is 1.89. The molecule has 1 aromatic carbocycles. The highest BCUT2D eigenvalue weighted by molar-refractivity contribution is 5.79. The minimum atomic E-state index is -0.324. The van der Waals surface area contributed by atoms with Crippen LogP contribution >= 0.6 is 0 Å². The Balaban J connectivity index is 1.94. The number of nitrogens with zero attached hydrogens (tertiary/aromatic N) is 3. The SMILES string of the molecule is CCn1cnnc1CNC(=O)C(C)C(N)c1ccccc1. The number of carbonyl (C=O) groups is 1. The van der Waals surface area contributed by atoms with Crippen molar-refractivity contribution in [3.05, 3.63) is 48.0 Å². The van der Waals surface area contributed by atoms with E-state index in [1.54, 1.807) is 6.33 Å². The molecule has 112 valence electrons. The normalized spacial score (nSPS) is 13.7. The van der Waals surface area contributed by atoms with Gasteiger partial charge in [0.2, 0.25) is 5.91 Å². The van der Waals surface area contributed by atoms with Crippen LogP contribution in [0.15, 0.2) is 36.7 Å². The molecule has 0 saturated heterocycles. The molecule has 0 fully saturated rings. The number of hydrogen-bond acceptors (Lipinski definition) is 4. The topological polar surface area (TPSA) is 85.8 Å². The molecular weight excluding hydrogens is 266 g/mol. The third kappa shape index (κ3) is 3.66. The molecule has 2 rings (SSSR count). The van der Waals surface area contributed by atoms with Crippen LogP contribution in [0, 0.1) is 5.92 Å². The molecule has 1 aromatic heterocycles. The van der Waals surface area contributed by atoms with Crippen molar-refractivity contribution >= 4 is 5.91 Å². The third-order valence-corrected chi connectivity index (χ3v) is 3.59. The molecule has 2 atom stereocenters. The zero-order valence-corrected chi connectivity index (χ0v) is 12.4. The summed E-state index contributed by atoms with van der Waals surface area (Å²) >= 11 is 0. The van der Waals surface area contributed by atoms with E-state index in [0.717, 1.165) is 17.9 Å². The molecule has 0 spiro atoms. The smallest absolute Gasteiger partial charge is 0.225 e. The summed E-state index contributed by atoms with van der Waals surface area (Å²) in [5, 5.41) is 10.7. The Labute approximate surface area is 124 Å². The van der Waals surface area contributed by atoms with E-state index >= 15 is 0 Å². The van der Waals surface area contributed by atoms with E-state index in [0.29, 0.717) is 6.54 Å². The third-order valence-electron chi connectivity index (χ3n) is 3.59. The van der Waals surface area contributed by atoms with Gasteiger partial charge in [-0.05, 0) is 12.5 Å². The predicted molar refractivity (Wildman–Crippen MR) is 80.1 cm³/mol. The van der Waals surface area contributed by atoms with E-state index in [4.69, 9.17) is 5.73 Å². The van der Waals surface area contributed by atoms with E-state index in [-0.39, 0.29) is 17.9 Å². The first kappa shape index (κ1) is 15.2. The predicted octanol–water partition coefficient (Wildman–Crippen LogP) is 1.25. The molecule has 0 aliphatic rings. The van der Waals surface area contributed by atoms with Gasteiger partial charge in [0.05, 0.1) is 12.5 Å². The maximum atomic E-state index is 12.2. The Hall–Kier alpha value is -2.21. The van der Waals surface area contributed by atoms with E-state index in [1.165, 1.54) is 0 Å². The molecule has 0 radical (unpaired) electrons. The molecule has 6 nitrogen and oxygen atoms in total. The number of aryl methyl sites for hydroxylation is 1. The first-order valence-corrected chi connectivity index (χ1v) is 7.08. The summed E-state index contributed by atoms with van der Waals surface area (Å²) in [4.78, 5) is 12.2. The molecule has 0 bridgehead atoms. The Morgan fingerprint density at radius 3 is 2.76 bits per heavy atom. The van der Waals surface area contributed by atoms with E-state index in [9.17, 15) is 4.79 Å². The van der Waals surface area contributed by atoms with Crippen LogP contribution in [0.3, 0.4) is 0 Å². The van der Waals surface area contributed by atoms with Crippen molar-refractivity contribution in [2.45, 2.75) is 33.0 Å². The van der Waals surface area contributed by atoms with Gasteiger partial charge in [-0.2, -0.15) is 0 Å². The lowest BCUT2D eigenvalue weighted by Gasteiger charge is -2.19. The molecule has 0 aliphatic carbocycles. The lowest BCUT2D eigenvalue weighted by Crippen LogP contribution is -2.35. The summed E-state index contributed by atoms with van der Waals surface area (Å²) in [5.41, 5.74) is 7.11. The first-order chi connectivity index (χ1) is 10.1. The molecule has 2 aromatic rings. The number of nitrogens with one attached hydrogen (secondary N) is 1. The van der Waals surface area contributed by atoms with Gasteiger partial charge < -0.3 is 15.6 Å². The highest BCUT2D eigenvalue weighted by atomic mass is 16.1. The number of nitrogens with two attached hydrogens (primary N) is 1. The van der Waals surface area contributed by atoms with Crippen molar-refractivity contribution in [1.82, 2.24) is 20.1 Å². The highest BCUT2D eigenvalue weighted by Gasteiger charge is 2.22. The van der Waals surface area contributed by atoms with Gasteiger partial charge in [0.15, 0.2) is 5.82 Å². The average molecular weight is 287 g/mol. The fourth-order valence-electron chi connectivity index (χ4n) is 2.13. The lowest BCUT2D eigenvalue weighted by atomic mass is 9.95. The number of benzene rings is 1. The fraction of sp³-hybridized carbons (Fsp3) is 0.400. The molecule has 1 heterocycles. The van der Waals surface area contributed by atoms with Gasteiger partial charge in [-0.3, -0.25) is 4.79 Å². The zero-order chi connectivity index (χ0) is 15.2. The monoisotopic (exact) mass is 287 g/mol. The van der Waals surface area contributed by atoms with Crippen molar-refractivity contribution in [2.24, 2.45) is 11.7 Å². The quantitative estimate of drug-likeness (QED) is 0.837. The molecule has 3 N–H and O–H groups in total. The van der Waals surface area contributed by atoms with Crippen LogP contribution in [-0.2, 0) is 17.9 Å². The van der Waals surface area contributed by atoms with Gasteiger partial charge in [0.1, 0.15) is 6.33 Å². The Kier molecular flexibility index (Phi) is 5.05. The number of amides is 1. The molecule has 21 heavy (non-hydrogen) atoms. The highest BCUT2D eigenvalue weighted by Crippen LogP contribution is 2.19. The summed E-state index contributed by atoms with van der Waals surface area (Å²) in [5.74, 6) is 0.341. The standard InChI is InChI=1S/C15H21N5O/c1-3-20-10-18-19-13(20)9-17-15(21)11(2)14(16)12-7-5-4-6-8-12/h4-8,10-11,14H,3,9,16H2,1-2H3,(H,17,21). The van der Waals surface area contributed by atoms with Gasteiger partial charge in [0, 0.05) is 12.6 Å². The molecule has 0 aliphatic heterocycles. The largest absolute Gasteiger partial charge is 0.349 e. The lowest BCUT2D eigenvalue weighted by molar-refractivity contribution is -0.125. The number of carbonyl (C=O) groups excluding carboxylic acids is 1. The Morgan fingerprint density at radius 2 is 2.10 bits per heavy atom. The van der Waals surface area contributed by atoms with E-state index < -0.39 is 0 Å². The van der Waals surface area contributed by atoms with Gasteiger partial charge >= 0.3 is 0 Å². The molecule has 1 amide bonds. The van der Waals surface area contributed by atoms with Gasteiger partial charge in [-0.25, -0.2) is 0 Å². The van der Waals surface area contributed by atoms with E-state index in [2.05, 4.69) is 15.5 Å². The van der Waals surface area contributed by atoms with Crippen molar-refractivity contribution in [1.29, 1.82) is 0 Å². The summed E-state index contributed by atoms with van der Waals surface area (Å²) in [6.45, 7) is 4.97. The van der Waals surface area contributed by atoms with E-state index in [1.807, 2.05) is 48.7 Å². The first-order valence-electron chi connectivity index (χ1n) is 7.08. The molecule has 6 heteroatoms. The fourth-order valence-corrected chi connectivity index (χ4v) is 2.13. The molecule has 2 unspecified atom stereocenters. The molecule has 0 saturated carbocycles. The summed E-state index contributed by atoms with van der Waals surface area (Å²) in [6.07, 6.45) is 1.65. The second-order valence-electron chi connectivity index (χ2n) is 4.98. The minimum Gasteiger partial charge on any atom is -0.349 e. The van der Waals surface area contributed by atoms with Crippen LogP contribution in [0.25, 0.3) is 0 Å². The Bertz CT molecular complexity index is 581. The summed E-state index contributed by atoms with van der Waals surface area (Å²) in [7, 11) is 0. The van der Waals surface area contributed by atoms with Crippen LogP contribution < -0.4 is 11.1 Å².